The maximum atomic E-state index is 12.7. The summed E-state index contributed by atoms with van der Waals surface area (Å²) in [6.07, 6.45) is -7.64. The second-order valence-electron chi connectivity index (χ2n) is 3.65. The predicted molar refractivity (Wildman–Crippen MR) is 54.5 cm³/mol. The minimum Gasteiger partial charge on any atom is -0.322 e. The summed E-state index contributed by atoms with van der Waals surface area (Å²) in [5.41, 5.74) is -2.58. The maximum absolute atomic E-state index is 12.7. The normalized spacial score (nSPS) is 12.3. The predicted octanol–water partition coefficient (Wildman–Crippen LogP) is 3.48. The summed E-state index contributed by atoms with van der Waals surface area (Å²) in [5, 5.41) is -0.306. The first kappa shape index (κ1) is 12.5. The van der Waals surface area contributed by atoms with Gasteiger partial charge in [0.25, 0.3) is 6.43 Å². The number of H-pyrrole nitrogens is 1. The molecule has 2 nitrogen and oxygen atoms in total. The molecule has 0 atom stereocenters. The fraction of sp³-hybridized carbons (Fsp3) is 0.182. The van der Waals surface area contributed by atoms with Gasteiger partial charge in [0.15, 0.2) is 0 Å². The maximum Gasteiger partial charge on any atom is 0.416 e. The van der Waals surface area contributed by atoms with Crippen molar-refractivity contribution < 1.29 is 22.0 Å². The number of nitrogens with one attached hydrogen (secondary N) is 1. The van der Waals surface area contributed by atoms with Crippen LogP contribution in [-0.2, 0) is 6.18 Å². The summed E-state index contributed by atoms with van der Waals surface area (Å²) in [4.78, 5) is 13.3. The van der Waals surface area contributed by atoms with Crippen LogP contribution in [0.5, 0.6) is 0 Å². The number of alkyl halides is 5. The van der Waals surface area contributed by atoms with Gasteiger partial charge in [0.2, 0.25) is 5.56 Å². The highest BCUT2D eigenvalue weighted by Crippen LogP contribution is 2.33. The highest BCUT2D eigenvalue weighted by atomic mass is 19.4. The quantitative estimate of drug-likeness (QED) is 0.785. The minimum atomic E-state index is -4.62. The average molecular weight is 263 g/mol. The van der Waals surface area contributed by atoms with Crippen LogP contribution in [0.3, 0.4) is 0 Å². The van der Waals surface area contributed by atoms with Gasteiger partial charge in [0.1, 0.15) is 0 Å². The first-order valence-corrected chi connectivity index (χ1v) is 4.81. The summed E-state index contributed by atoms with van der Waals surface area (Å²) < 4.78 is 62.7. The molecule has 0 amide bonds. The first-order valence-electron chi connectivity index (χ1n) is 4.81. The SMILES string of the molecule is O=c1cc(C(F)F)c2cc(C(F)(F)F)ccc2[nH]1. The van der Waals surface area contributed by atoms with Gasteiger partial charge in [-0.1, -0.05) is 0 Å². The fourth-order valence-electron chi connectivity index (χ4n) is 1.64. The van der Waals surface area contributed by atoms with Crippen LogP contribution in [0.2, 0.25) is 0 Å². The highest BCUT2D eigenvalue weighted by Gasteiger charge is 2.31. The molecule has 0 aliphatic heterocycles. The molecule has 0 radical (unpaired) electrons. The Labute approximate surface area is 97.1 Å². The van der Waals surface area contributed by atoms with Crippen LogP contribution in [0.4, 0.5) is 22.0 Å². The topological polar surface area (TPSA) is 32.9 Å². The van der Waals surface area contributed by atoms with E-state index in [1.54, 1.807) is 0 Å². The smallest absolute Gasteiger partial charge is 0.322 e. The second kappa shape index (κ2) is 4.08. The molecule has 0 saturated carbocycles. The Morgan fingerprint density at radius 1 is 1.11 bits per heavy atom. The van der Waals surface area contributed by atoms with E-state index in [2.05, 4.69) is 4.98 Å². The van der Waals surface area contributed by atoms with Gasteiger partial charge in [-0.2, -0.15) is 13.2 Å². The molecular weight excluding hydrogens is 257 g/mol. The molecule has 0 saturated heterocycles. The van der Waals surface area contributed by atoms with Crippen LogP contribution in [-0.4, -0.2) is 4.98 Å². The van der Waals surface area contributed by atoms with E-state index in [0.717, 1.165) is 12.1 Å². The molecule has 1 heterocycles. The molecule has 0 fully saturated rings. The van der Waals surface area contributed by atoms with Crippen molar-refractivity contribution in [1.82, 2.24) is 4.98 Å². The number of halogens is 5. The fourth-order valence-corrected chi connectivity index (χ4v) is 1.64. The molecule has 1 N–H and O–H groups in total. The Hall–Kier alpha value is -1.92. The Balaban J connectivity index is 2.79. The lowest BCUT2D eigenvalue weighted by Crippen LogP contribution is -2.09. The van der Waals surface area contributed by atoms with E-state index in [-0.39, 0.29) is 10.9 Å². The number of hydrogen-bond donors (Lipinski definition) is 1. The van der Waals surface area contributed by atoms with Crippen molar-refractivity contribution in [1.29, 1.82) is 0 Å². The van der Waals surface area contributed by atoms with E-state index in [4.69, 9.17) is 0 Å². The van der Waals surface area contributed by atoms with E-state index in [1.807, 2.05) is 0 Å². The van der Waals surface area contributed by atoms with Crippen molar-refractivity contribution in [3.05, 3.63) is 45.7 Å². The lowest BCUT2D eigenvalue weighted by atomic mass is 10.1. The molecular formula is C11H6F5NO. The Morgan fingerprint density at radius 2 is 1.78 bits per heavy atom. The van der Waals surface area contributed by atoms with Crippen molar-refractivity contribution in [3.8, 4) is 0 Å². The Morgan fingerprint density at radius 3 is 2.33 bits per heavy atom. The van der Waals surface area contributed by atoms with Gasteiger partial charge in [-0.3, -0.25) is 4.79 Å². The van der Waals surface area contributed by atoms with E-state index in [0.29, 0.717) is 12.1 Å². The van der Waals surface area contributed by atoms with Crippen LogP contribution < -0.4 is 5.56 Å². The molecule has 0 unspecified atom stereocenters. The molecule has 96 valence electrons. The summed E-state index contributed by atoms with van der Waals surface area (Å²) in [6, 6.07) is 2.90. The first-order chi connectivity index (χ1) is 8.29. The molecule has 0 aliphatic rings. The molecule has 0 aliphatic carbocycles. The molecule has 18 heavy (non-hydrogen) atoms. The largest absolute Gasteiger partial charge is 0.416 e. The van der Waals surface area contributed by atoms with Crippen LogP contribution in [0.15, 0.2) is 29.1 Å². The van der Waals surface area contributed by atoms with Crippen molar-refractivity contribution in [2.24, 2.45) is 0 Å². The number of aromatic nitrogens is 1. The Kier molecular flexibility index (Phi) is 2.84. The molecule has 0 bridgehead atoms. The molecule has 7 heteroatoms. The molecule has 0 spiro atoms. The van der Waals surface area contributed by atoms with E-state index in [9.17, 15) is 26.7 Å². The van der Waals surface area contributed by atoms with Gasteiger partial charge in [0.05, 0.1) is 5.56 Å². The molecule has 2 rings (SSSR count). The van der Waals surface area contributed by atoms with Gasteiger partial charge in [-0.05, 0) is 18.2 Å². The van der Waals surface area contributed by atoms with E-state index in [1.165, 1.54) is 0 Å². The lowest BCUT2D eigenvalue weighted by molar-refractivity contribution is -0.137. The van der Waals surface area contributed by atoms with Gasteiger partial charge in [0, 0.05) is 22.5 Å². The zero-order chi connectivity index (χ0) is 13.5. The highest BCUT2D eigenvalue weighted by molar-refractivity contribution is 5.83. The monoisotopic (exact) mass is 263 g/mol. The Bertz CT molecular complexity index is 644. The van der Waals surface area contributed by atoms with Gasteiger partial charge in [-0.25, -0.2) is 8.78 Å². The number of aromatic amines is 1. The average Bonchev–Trinajstić information content (AvgIpc) is 2.25. The minimum absolute atomic E-state index is 0.0502. The number of hydrogen-bond acceptors (Lipinski definition) is 1. The standard InChI is InChI=1S/C11H6F5NO/c12-10(13)7-4-9(18)17-8-2-1-5(3-6(7)8)11(14,15)16/h1-4,10H,(H,17,18). The molecule has 1 aromatic heterocycles. The van der Waals surface area contributed by atoms with Crippen LogP contribution in [0, 0.1) is 0 Å². The summed E-state index contributed by atoms with van der Waals surface area (Å²) >= 11 is 0. The van der Waals surface area contributed by atoms with Gasteiger partial charge < -0.3 is 4.98 Å². The third kappa shape index (κ3) is 2.20. The van der Waals surface area contributed by atoms with Crippen molar-refractivity contribution in [2.45, 2.75) is 12.6 Å². The van der Waals surface area contributed by atoms with Crippen molar-refractivity contribution >= 4 is 10.9 Å². The lowest BCUT2D eigenvalue weighted by Gasteiger charge is -2.10. The van der Waals surface area contributed by atoms with Crippen LogP contribution >= 0.6 is 0 Å². The molecule has 1 aromatic carbocycles. The summed E-state index contributed by atoms with van der Waals surface area (Å²) in [6.45, 7) is 0. The van der Waals surface area contributed by atoms with Gasteiger partial charge in [-0.15, -0.1) is 0 Å². The summed E-state index contributed by atoms with van der Waals surface area (Å²) in [7, 11) is 0. The molecule has 2 aromatic rings. The van der Waals surface area contributed by atoms with Crippen molar-refractivity contribution in [2.75, 3.05) is 0 Å². The zero-order valence-electron chi connectivity index (χ0n) is 8.68. The van der Waals surface area contributed by atoms with E-state index >= 15 is 0 Å². The number of benzene rings is 1. The third-order valence-corrected chi connectivity index (χ3v) is 2.44. The van der Waals surface area contributed by atoms with Crippen LogP contribution in [0.25, 0.3) is 10.9 Å². The van der Waals surface area contributed by atoms with Crippen molar-refractivity contribution in [3.63, 3.8) is 0 Å². The van der Waals surface area contributed by atoms with Crippen LogP contribution in [0.1, 0.15) is 17.6 Å². The zero-order valence-corrected chi connectivity index (χ0v) is 8.68. The number of pyridine rings is 1. The van der Waals surface area contributed by atoms with E-state index < -0.39 is 29.3 Å². The number of rotatable bonds is 1. The second-order valence-corrected chi connectivity index (χ2v) is 3.65. The summed E-state index contributed by atoms with van der Waals surface area (Å²) in [5.74, 6) is 0. The third-order valence-electron chi connectivity index (χ3n) is 2.44. The van der Waals surface area contributed by atoms with Gasteiger partial charge >= 0.3 is 6.18 Å². The number of fused-ring (bicyclic) bond motifs is 1.